The largest absolute Gasteiger partial charge is 0.370 e. The van der Waals surface area contributed by atoms with Gasteiger partial charge in [0.1, 0.15) is 18.0 Å². The van der Waals surface area contributed by atoms with Gasteiger partial charge in [0.25, 0.3) is 0 Å². The smallest absolute Gasteiger partial charge is 0.131 e. The molecular weight excluding hydrogens is 232 g/mol. The van der Waals surface area contributed by atoms with Crippen molar-refractivity contribution in [2.75, 3.05) is 23.7 Å². The highest BCUT2D eigenvalue weighted by atomic mass is 32.1. The molecule has 2 heterocycles. The molecule has 0 bridgehead atoms. The molecule has 0 atom stereocenters. The standard InChI is InChI=1S/C12H16N4S/c1-2-13-11-8-12(16-9-15-11)14-6-5-10-4-3-7-17-10/h3-4,7-9H,2,5-6H2,1H3,(H2,13,14,15,16). The molecule has 17 heavy (non-hydrogen) atoms. The topological polar surface area (TPSA) is 49.8 Å². The number of nitrogens with one attached hydrogen (secondary N) is 2. The first-order valence-electron chi connectivity index (χ1n) is 5.70. The van der Waals surface area contributed by atoms with Crippen molar-refractivity contribution in [1.82, 2.24) is 9.97 Å². The molecule has 5 heteroatoms. The molecule has 2 aromatic rings. The van der Waals surface area contributed by atoms with Crippen LogP contribution in [0, 0.1) is 0 Å². The number of hydrogen-bond donors (Lipinski definition) is 2. The van der Waals surface area contributed by atoms with Crippen LogP contribution in [0.3, 0.4) is 0 Å². The second kappa shape index (κ2) is 6.20. The molecule has 0 aliphatic rings. The van der Waals surface area contributed by atoms with E-state index >= 15 is 0 Å². The van der Waals surface area contributed by atoms with Gasteiger partial charge >= 0.3 is 0 Å². The van der Waals surface area contributed by atoms with Crippen LogP contribution < -0.4 is 10.6 Å². The Morgan fingerprint density at radius 3 is 2.76 bits per heavy atom. The predicted octanol–water partition coefficient (Wildman–Crippen LogP) is 2.62. The molecule has 0 aliphatic carbocycles. The number of hydrogen-bond acceptors (Lipinski definition) is 5. The Morgan fingerprint density at radius 1 is 1.24 bits per heavy atom. The van der Waals surface area contributed by atoms with E-state index in [0.717, 1.165) is 31.1 Å². The van der Waals surface area contributed by atoms with E-state index < -0.39 is 0 Å². The molecule has 0 aromatic carbocycles. The zero-order chi connectivity index (χ0) is 11.9. The summed E-state index contributed by atoms with van der Waals surface area (Å²) in [5, 5.41) is 8.56. The van der Waals surface area contributed by atoms with Crippen molar-refractivity contribution in [1.29, 1.82) is 0 Å². The normalized spacial score (nSPS) is 10.2. The Hall–Kier alpha value is -1.62. The average Bonchev–Trinajstić information content (AvgIpc) is 2.83. The molecular formula is C12H16N4S. The second-order valence-corrected chi connectivity index (χ2v) is 4.61. The van der Waals surface area contributed by atoms with Crippen molar-refractivity contribution >= 4 is 23.0 Å². The van der Waals surface area contributed by atoms with Crippen molar-refractivity contribution in [3.63, 3.8) is 0 Å². The van der Waals surface area contributed by atoms with Crippen LogP contribution in [0.2, 0.25) is 0 Å². The molecule has 2 N–H and O–H groups in total. The fourth-order valence-electron chi connectivity index (χ4n) is 1.50. The summed E-state index contributed by atoms with van der Waals surface area (Å²) in [5.41, 5.74) is 0. The fourth-order valence-corrected chi connectivity index (χ4v) is 2.21. The maximum absolute atomic E-state index is 4.18. The third-order valence-corrected chi connectivity index (χ3v) is 3.22. The minimum atomic E-state index is 0.862. The molecule has 0 amide bonds. The van der Waals surface area contributed by atoms with E-state index in [1.807, 2.05) is 13.0 Å². The summed E-state index contributed by atoms with van der Waals surface area (Å²) < 4.78 is 0. The summed E-state index contributed by atoms with van der Waals surface area (Å²) >= 11 is 1.78. The summed E-state index contributed by atoms with van der Waals surface area (Å²) in [6.45, 7) is 3.81. The highest BCUT2D eigenvalue weighted by Crippen LogP contribution is 2.11. The van der Waals surface area contributed by atoms with Gasteiger partial charge in [-0.3, -0.25) is 0 Å². The zero-order valence-corrected chi connectivity index (χ0v) is 10.6. The van der Waals surface area contributed by atoms with E-state index in [2.05, 4.69) is 38.1 Å². The average molecular weight is 248 g/mol. The number of rotatable bonds is 6. The van der Waals surface area contributed by atoms with E-state index in [1.54, 1.807) is 17.7 Å². The summed E-state index contributed by atoms with van der Waals surface area (Å²) in [6, 6.07) is 6.16. The van der Waals surface area contributed by atoms with Gasteiger partial charge in [-0.25, -0.2) is 9.97 Å². The SMILES string of the molecule is CCNc1cc(NCCc2cccs2)ncn1. The van der Waals surface area contributed by atoms with Crippen LogP contribution in [0.5, 0.6) is 0 Å². The molecule has 0 unspecified atom stereocenters. The number of thiophene rings is 1. The summed E-state index contributed by atoms with van der Waals surface area (Å²) in [5.74, 6) is 1.73. The van der Waals surface area contributed by atoms with Crippen molar-refractivity contribution in [3.8, 4) is 0 Å². The first kappa shape index (κ1) is 11.9. The van der Waals surface area contributed by atoms with E-state index in [0.29, 0.717) is 0 Å². The Kier molecular flexibility index (Phi) is 4.32. The van der Waals surface area contributed by atoms with Gasteiger partial charge < -0.3 is 10.6 Å². The van der Waals surface area contributed by atoms with Crippen LogP contribution in [0.15, 0.2) is 29.9 Å². The third kappa shape index (κ3) is 3.71. The second-order valence-electron chi connectivity index (χ2n) is 3.57. The van der Waals surface area contributed by atoms with Gasteiger partial charge in [0.05, 0.1) is 0 Å². The van der Waals surface area contributed by atoms with Gasteiger partial charge in [0.15, 0.2) is 0 Å². The van der Waals surface area contributed by atoms with Crippen LogP contribution in [0.4, 0.5) is 11.6 Å². The summed E-state index contributed by atoms with van der Waals surface area (Å²) in [4.78, 5) is 9.70. The van der Waals surface area contributed by atoms with Crippen molar-refractivity contribution < 1.29 is 0 Å². The Balaban J connectivity index is 1.84. The first-order valence-corrected chi connectivity index (χ1v) is 6.58. The van der Waals surface area contributed by atoms with Gasteiger partial charge in [-0.15, -0.1) is 11.3 Å². The van der Waals surface area contributed by atoms with Crippen molar-refractivity contribution in [2.24, 2.45) is 0 Å². The monoisotopic (exact) mass is 248 g/mol. The van der Waals surface area contributed by atoms with E-state index in [-0.39, 0.29) is 0 Å². The summed E-state index contributed by atoms with van der Waals surface area (Å²) in [6.07, 6.45) is 2.60. The molecule has 2 rings (SSSR count). The van der Waals surface area contributed by atoms with E-state index in [9.17, 15) is 0 Å². The Bertz CT molecular complexity index is 442. The molecule has 2 aromatic heterocycles. The number of aromatic nitrogens is 2. The predicted molar refractivity (Wildman–Crippen MR) is 72.7 cm³/mol. The first-order chi connectivity index (χ1) is 8.38. The molecule has 0 radical (unpaired) electrons. The van der Waals surface area contributed by atoms with Gasteiger partial charge in [-0.1, -0.05) is 6.07 Å². The van der Waals surface area contributed by atoms with Crippen LogP contribution in [0.1, 0.15) is 11.8 Å². The lowest BCUT2D eigenvalue weighted by molar-refractivity contribution is 1.02. The van der Waals surface area contributed by atoms with Crippen LogP contribution in [0.25, 0.3) is 0 Å². The van der Waals surface area contributed by atoms with Crippen LogP contribution in [-0.2, 0) is 6.42 Å². The third-order valence-electron chi connectivity index (χ3n) is 2.28. The maximum atomic E-state index is 4.18. The van der Waals surface area contributed by atoms with Crippen molar-refractivity contribution in [2.45, 2.75) is 13.3 Å². The number of nitrogens with zero attached hydrogens (tertiary/aromatic N) is 2. The maximum Gasteiger partial charge on any atom is 0.131 e. The fraction of sp³-hybridized carbons (Fsp3) is 0.333. The van der Waals surface area contributed by atoms with E-state index in [1.165, 1.54) is 4.88 Å². The van der Waals surface area contributed by atoms with Gasteiger partial charge in [-0.2, -0.15) is 0 Å². The number of anilines is 2. The molecule has 0 spiro atoms. The van der Waals surface area contributed by atoms with Gasteiger partial charge in [0, 0.05) is 24.0 Å². The molecule has 0 saturated carbocycles. The van der Waals surface area contributed by atoms with Gasteiger partial charge in [-0.05, 0) is 24.8 Å². The summed E-state index contributed by atoms with van der Waals surface area (Å²) in [7, 11) is 0. The molecule has 0 saturated heterocycles. The highest BCUT2D eigenvalue weighted by molar-refractivity contribution is 7.09. The van der Waals surface area contributed by atoms with Gasteiger partial charge in [0.2, 0.25) is 0 Å². The van der Waals surface area contributed by atoms with Crippen LogP contribution >= 0.6 is 11.3 Å². The van der Waals surface area contributed by atoms with Crippen molar-refractivity contribution in [3.05, 3.63) is 34.8 Å². The minimum Gasteiger partial charge on any atom is -0.370 e. The molecule has 0 fully saturated rings. The highest BCUT2D eigenvalue weighted by Gasteiger charge is 1.98. The molecule has 4 nitrogen and oxygen atoms in total. The quantitative estimate of drug-likeness (QED) is 0.825. The minimum absolute atomic E-state index is 0.862. The Labute approximate surface area is 105 Å². The molecule has 90 valence electrons. The Morgan fingerprint density at radius 2 is 2.06 bits per heavy atom. The lowest BCUT2D eigenvalue weighted by Crippen LogP contribution is -2.07. The van der Waals surface area contributed by atoms with E-state index in [4.69, 9.17) is 0 Å². The zero-order valence-electron chi connectivity index (χ0n) is 9.81. The lowest BCUT2D eigenvalue weighted by atomic mass is 10.3. The lowest BCUT2D eigenvalue weighted by Gasteiger charge is -2.06. The molecule has 0 aliphatic heterocycles. The van der Waals surface area contributed by atoms with Crippen LogP contribution in [-0.4, -0.2) is 23.1 Å².